The molecule has 4 heteroatoms. The van der Waals surface area contributed by atoms with Crippen LogP contribution in [0.15, 0.2) is 65.2 Å². The Morgan fingerprint density at radius 1 is 1.17 bits per heavy atom. The van der Waals surface area contributed by atoms with E-state index >= 15 is 4.39 Å². The molecular weight excluding hydrogens is 373 g/mol. The van der Waals surface area contributed by atoms with Crippen molar-refractivity contribution < 1.29 is 4.39 Å². The Morgan fingerprint density at radius 2 is 1.90 bits per heavy atom. The van der Waals surface area contributed by atoms with E-state index < -0.39 is 0 Å². The molecule has 2 atom stereocenters. The Bertz CT molecular complexity index is 818. The number of nitrogens with zero attached hydrogens (tertiary/aromatic N) is 1. The van der Waals surface area contributed by atoms with Gasteiger partial charge in [-0.05, 0) is 55.9 Å². The van der Waals surface area contributed by atoms with Gasteiger partial charge in [-0.2, -0.15) is 0 Å². The van der Waals surface area contributed by atoms with Gasteiger partial charge >= 0.3 is 0 Å². The van der Waals surface area contributed by atoms with Gasteiger partial charge < -0.3 is 15.5 Å². The van der Waals surface area contributed by atoms with E-state index in [9.17, 15) is 0 Å². The van der Waals surface area contributed by atoms with Gasteiger partial charge in [0, 0.05) is 56.7 Å². The molecule has 0 aromatic heterocycles. The molecule has 4 rings (SSSR count). The van der Waals surface area contributed by atoms with E-state index in [0.29, 0.717) is 12.3 Å². The minimum absolute atomic E-state index is 0.0973. The zero-order chi connectivity index (χ0) is 21.1. The number of nitrogens with one attached hydrogen (secondary N) is 2. The fourth-order valence-electron chi connectivity index (χ4n) is 5.62. The summed E-state index contributed by atoms with van der Waals surface area (Å²) in [5.41, 5.74) is 6.14. The Hall–Kier alpha value is -1.91. The SMILES string of the molecule is C=C([C@@H]1CNCC1C1=C(F)CCC(C)=C1CNC)N1CCC(c2ccccc2)CC1. The molecule has 1 unspecified atom stereocenters. The van der Waals surface area contributed by atoms with Crippen molar-refractivity contribution in [2.24, 2.45) is 11.8 Å². The second-order valence-electron chi connectivity index (χ2n) is 9.14. The van der Waals surface area contributed by atoms with Crippen molar-refractivity contribution in [3.8, 4) is 0 Å². The van der Waals surface area contributed by atoms with E-state index in [1.807, 2.05) is 7.05 Å². The number of likely N-dealkylation sites (N-methyl/N-ethyl adjacent to an activating group) is 1. The number of likely N-dealkylation sites (tertiary alicyclic amines) is 1. The van der Waals surface area contributed by atoms with E-state index in [2.05, 4.69) is 59.4 Å². The number of hydrogen-bond acceptors (Lipinski definition) is 3. The van der Waals surface area contributed by atoms with Crippen LogP contribution in [0, 0.1) is 11.8 Å². The van der Waals surface area contributed by atoms with Crippen LogP contribution in [0.3, 0.4) is 0 Å². The predicted octanol–water partition coefficient (Wildman–Crippen LogP) is 4.77. The zero-order valence-electron chi connectivity index (χ0n) is 18.5. The highest BCUT2D eigenvalue weighted by Crippen LogP contribution is 2.42. The summed E-state index contributed by atoms with van der Waals surface area (Å²) in [4.78, 5) is 2.47. The van der Waals surface area contributed by atoms with Gasteiger partial charge in [-0.1, -0.05) is 42.5 Å². The van der Waals surface area contributed by atoms with Gasteiger partial charge in [-0.15, -0.1) is 0 Å². The van der Waals surface area contributed by atoms with Gasteiger partial charge in [0.1, 0.15) is 5.83 Å². The molecule has 3 nitrogen and oxygen atoms in total. The maximum absolute atomic E-state index is 15.1. The van der Waals surface area contributed by atoms with Crippen LogP contribution in [0.25, 0.3) is 0 Å². The molecule has 1 aromatic rings. The summed E-state index contributed by atoms with van der Waals surface area (Å²) in [7, 11) is 1.95. The number of allylic oxidation sites excluding steroid dienone is 2. The van der Waals surface area contributed by atoms with Gasteiger partial charge in [-0.3, -0.25) is 0 Å². The molecule has 2 fully saturated rings. The molecule has 0 spiro atoms. The van der Waals surface area contributed by atoms with Crippen molar-refractivity contribution in [2.45, 2.75) is 38.5 Å². The number of hydrogen-bond donors (Lipinski definition) is 2. The predicted molar refractivity (Wildman–Crippen MR) is 123 cm³/mol. The Balaban J connectivity index is 1.47. The molecular formula is C26H36FN3. The van der Waals surface area contributed by atoms with Crippen LogP contribution in [0.5, 0.6) is 0 Å². The largest absolute Gasteiger partial charge is 0.375 e. The molecule has 0 saturated carbocycles. The third-order valence-electron chi connectivity index (χ3n) is 7.39. The molecule has 2 aliphatic heterocycles. The zero-order valence-corrected chi connectivity index (χ0v) is 18.5. The quantitative estimate of drug-likeness (QED) is 0.709. The van der Waals surface area contributed by atoms with E-state index in [1.165, 1.54) is 22.4 Å². The van der Waals surface area contributed by atoms with Crippen LogP contribution in [-0.4, -0.2) is 44.7 Å². The summed E-state index contributed by atoms with van der Waals surface area (Å²) >= 11 is 0. The molecule has 2 N–H and O–H groups in total. The van der Waals surface area contributed by atoms with Crippen molar-refractivity contribution in [3.63, 3.8) is 0 Å². The first-order valence-corrected chi connectivity index (χ1v) is 11.5. The van der Waals surface area contributed by atoms with Crippen LogP contribution in [-0.2, 0) is 0 Å². The molecule has 1 aromatic carbocycles. The smallest absolute Gasteiger partial charge is 0.104 e. The third kappa shape index (κ3) is 4.26. The molecule has 2 saturated heterocycles. The molecule has 30 heavy (non-hydrogen) atoms. The lowest BCUT2D eigenvalue weighted by molar-refractivity contribution is 0.233. The lowest BCUT2D eigenvalue weighted by Crippen LogP contribution is -2.37. The van der Waals surface area contributed by atoms with Crippen LogP contribution < -0.4 is 10.6 Å². The first-order chi connectivity index (χ1) is 14.6. The van der Waals surface area contributed by atoms with Gasteiger partial charge in [0.05, 0.1) is 0 Å². The van der Waals surface area contributed by atoms with Gasteiger partial charge in [0.15, 0.2) is 0 Å². The second-order valence-corrected chi connectivity index (χ2v) is 9.14. The highest BCUT2D eigenvalue weighted by Gasteiger charge is 2.38. The van der Waals surface area contributed by atoms with Crippen molar-refractivity contribution in [1.82, 2.24) is 15.5 Å². The topological polar surface area (TPSA) is 27.3 Å². The second kappa shape index (κ2) is 9.49. The lowest BCUT2D eigenvalue weighted by Gasteiger charge is -2.39. The third-order valence-corrected chi connectivity index (χ3v) is 7.39. The van der Waals surface area contributed by atoms with E-state index in [-0.39, 0.29) is 17.7 Å². The van der Waals surface area contributed by atoms with Crippen molar-refractivity contribution in [1.29, 1.82) is 0 Å². The highest BCUT2D eigenvalue weighted by atomic mass is 19.1. The fraction of sp³-hybridized carbons (Fsp3) is 0.538. The Labute approximate surface area is 181 Å². The van der Waals surface area contributed by atoms with Crippen LogP contribution in [0.1, 0.15) is 44.1 Å². The number of piperidine rings is 1. The minimum Gasteiger partial charge on any atom is -0.375 e. The summed E-state index contributed by atoms with van der Waals surface area (Å²) in [5.74, 6) is 1.19. The van der Waals surface area contributed by atoms with Gasteiger partial charge in [-0.25, -0.2) is 4.39 Å². The van der Waals surface area contributed by atoms with E-state index in [1.54, 1.807) is 0 Å². The lowest BCUT2D eigenvalue weighted by atomic mass is 9.77. The fourth-order valence-corrected chi connectivity index (χ4v) is 5.62. The first-order valence-electron chi connectivity index (χ1n) is 11.5. The van der Waals surface area contributed by atoms with Crippen LogP contribution in [0.2, 0.25) is 0 Å². The number of rotatable bonds is 6. The van der Waals surface area contributed by atoms with Crippen molar-refractivity contribution >= 4 is 0 Å². The summed E-state index contributed by atoms with van der Waals surface area (Å²) < 4.78 is 15.1. The standard InChI is InChI=1S/C26H36FN3/c1-18-9-10-25(27)26(22(18)15-28-3)24-17-29-16-23(24)19(2)30-13-11-21(12-14-30)20-7-5-4-6-8-20/h4-8,21,23-24,28-29H,2,9-17H2,1,3H3/t23-,24?/m0/s1. The average molecular weight is 410 g/mol. The Morgan fingerprint density at radius 3 is 2.60 bits per heavy atom. The van der Waals surface area contributed by atoms with Gasteiger partial charge in [0.2, 0.25) is 0 Å². The maximum Gasteiger partial charge on any atom is 0.104 e. The molecule has 0 bridgehead atoms. The molecule has 3 aliphatic rings. The van der Waals surface area contributed by atoms with Gasteiger partial charge in [0.25, 0.3) is 0 Å². The summed E-state index contributed by atoms with van der Waals surface area (Å²) in [5, 5.41) is 6.80. The molecule has 0 amide bonds. The average Bonchev–Trinajstić information content (AvgIpc) is 3.26. The normalized spacial score (nSPS) is 25.9. The van der Waals surface area contributed by atoms with Crippen LogP contribution in [0.4, 0.5) is 4.39 Å². The Kier molecular flexibility index (Phi) is 6.74. The van der Waals surface area contributed by atoms with Crippen LogP contribution >= 0.6 is 0 Å². The molecule has 0 radical (unpaired) electrons. The summed E-state index contributed by atoms with van der Waals surface area (Å²) in [6, 6.07) is 10.9. The van der Waals surface area contributed by atoms with Crippen molar-refractivity contribution in [2.75, 3.05) is 39.8 Å². The number of benzene rings is 1. The maximum atomic E-state index is 15.1. The molecule has 1 aliphatic carbocycles. The number of halogens is 1. The summed E-state index contributed by atoms with van der Waals surface area (Å²) in [6.45, 7) is 11.3. The monoisotopic (exact) mass is 409 g/mol. The minimum atomic E-state index is 0.0973. The van der Waals surface area contributed by atoms with Crippen molar-refractivity contribution in [3.05, 3.63) is 70.7 Å². The highest BCUT2D eigenvalue weighted by molar-refractivity contribution is 5.44. The van der Waals surface area contributed by atoms with E-state index in [0.717, 1.165) is 57.6 Å². The molecule has 2 heterocycles. The molecule has 162 valence electrons. The summed E-state index contributed by atoms with van der Waals surface area (Å²) in [6.07, 6.45) is 3.71. The first kappa shape index (κ1) is 21.3. The van der Waals surface area contributed by atoms with E-state index in [4.69, 9.17) is 0 Å².